The molecule has 0 aromatic carbocycles. The number of unbranched alkanes of at least 4 members (excludes halogenated alkanes) is 22. The van der Waals surface area contributed by atoms with Gasteiger partial charge in [-0.25, -0.2) is 0 Å². The predicted octanol–water partition coefficient (Wildman–Crippen LogP) is 12.7. The molecule has 0 saturated carbocycles. The molecule has 0 aliphatic heterocycles. The van der Waals surface area contributed by atoms with E-state index in [-0.39, 0.29) is 24.4 Å². The van der Waals surface area contributed by atoms with Crippen LogP contribution in [0.1, 0.15) is 206 Å². The summed E-state index contributed by atoms with van der Waals surface area (Å²) < 4.78 is 0. The predicted molar refractivity (Wildman–Crippen MR) is 189 cm³/mol. The van der Waals surface area contributed by atoms with Crippen molar-refractivity contribution in [3.05, 3.63) is 24.3 Å². The maximum atomic E-state index is 12.7. The summed E-state index contributed by atoms with van der Waals surface area (Å²) in [7, 11) is 0. The van der Waals surface area contributed by atoms with Crippen molar-refractivity contribution in [3.63, 3.8) is 0 Å². The van der Waals surface area contributed by atoms with Gasteiger partial charge in [-0.15, -0.1) is 0 Å². The molecule has 1 atom stereocenters. The van der Waals surface area contributed by atoms with Crippen molar-refractivity contribution in [2.24, 2.45) is 5.92 Å². The Balaban J connectivity index is 3.83. The molecular weight excluding hydrogens is 544 g/mol. The third kappa shape index (κ3) is 31.7. The summed E-state index contributed by atoms with van der Waals surface area (Å²) >= 11 is 0. The summed E-state index contributed by atoms with van der Waals surface area (Å²) in [6.07, 6.45) is 41.6. The zero-order chi connectivity index (χ0) is 32.4. The summed E-state index contributed by atoms with van der Waals surface area (Å²) in [4.78, 5) is 36.6. The van der Waals surface area contributed by atoms with Crippen LogP contribution in [0, 0.1) is 5.92 Å². The van der Waals surface area contributed by atoms with Gasteiger partial charge < -0.3 is 5.11 Å². The van der Waals surface area contributed by atoms with Crippen LogP contribution in [-0.4, -0.2) is 22.6 Å². The summed E-state index contributed by atoms with van der Waals surface area (Å²) in [5, 5.41) is 9.29. The number of carbonyl (C=O) groups excluding carboxylic acids is 2. The minimum Gasteiger partial charge on any atom is -0.481 e. The number of carboxylic acids is 1. The Morgan fingerprint density at radius 1 is 0.455 bits per heavy atom. The van der Waals surface area contributed by atoms with Gasteiger partial charge in [-0.1, -0.05) is 141 Å². The van der Waals surface area contributed by atoms with Gasteiger partial charge in [0.15, 0.2) is 0 Å². The first-order chi connectivity index (χ1) is 21.5. The highest BCUT2D eigenvalue weighted by atomic mass is 16.4. The van der Waals surface area contributed by atoms with Crippen molar-refractivity contribution in [1.29, 1.82) is 0 Å². The molecule has 0 fully saturated rings. The van der Waals surface area contributed by atoms with Gasteiger partial charge in [0.05, 0.1) is 6.42 Å². The van der Waals surface area contributed by atoms with Gasteiger partial charge in [-0.2, -0.15) is 0 Å². The lowest BCUT2D eigenvalue weighted by molar-refractivity contribution is -0.141. The summed E-state index contributed by atoms with van der Waals surface area (Å²) in [5.41, 5.74) is 0. The Bertz CT molecular complexity index is 723. The van der Waals surface area contributed by atoms with E-state index in [1.165, 1.54) is 116 Å². The molecule has 0 aliphatic carbocycles. The molecule has 0 radical (unpaired) electrons. The average molecular weight is 617 g/mol. The molecule has 1 N–H and O–H groups in total. The highest BCUT2D eigenvalue weighted by Crippen LogP contribution is 2.19. The molecule has 0 aliphatic rings. The van der Waals surface area contributed by atoms with Crippen molar-refractivity contribution in [1.82, 2.24) is 0 Å². The third-order valence-corrected chi connectivity index (χ3v) is 8.75. The fraction of sp³-hybridized carbons (Fsp3) is 0.825. The number of ketones is 2. The van der Waals surface area contributed by atoms with Crippen LogP contribution in [0.15, 0.2) is 24.3 Å². The van der Waals surface area contributed by atoms with Crippen molar-refractivity contribution in [2.45, 2.75) is 206 Å². The van der Waals surface area contributed by atoms with E-state index >= 15 is 0 Å². The first-order valence-electron chi connectivity index (χ1n) is 19.1. The molecule has 0 aromatic rings. The summed E-state index contributed by atoms with van der Waals surface area (Å²) in [6, 6.07) is 0. The lowest BCUT2D eigenvalue weighted by Crippen LogP contribution is -2.21. The number of Topliss-reactive ketones (excluding diaryl/α,β-unsaturated/α-hetero) is 2. The van der Waals surface area contributed by atoms with Crippen molar-refractivity contribution < 1.29 is 19.5 Å². The van der Waals surface area contributed by atoms with E-state index in [0.29, 0.717) is 12.8 Å². The van der Waals surface area contributed by atoms with E-state index in [1.807, 2.05) is 0 Å². The molecule has 0 rings (SSSR count). The Morgan fingerprint density at radius 3 is 1.18 bits per heavy atom. The Labute approximate surface area is 273 Å². The number of allylic oxidation sites excluding steroid dienone is 4. The smallest absolute Gasteiger partial charge is 0.304 e. The van der Waals surface area contributed by atoms with E-state index in [4.69, 9.17) is 0 Å². The lowest BCUT2D eigenvalue weighted by atomic mass is 9.89. The second-order valence-corrected chi connectivity index (χ2v) is 13.2. The van der Waals surface area contributed by atoms with Gasteiger partial charge in [-0.3, -0.25) is 14.4 Å². The average Bonchev–Trinajstić information content (AvgIpc) is 3.00. The van der Waals surface area contributed by atoms with Gasteiger partial charge in [-0.05, 0) is 64.2 Å². The second-order valence-electron chi connectivity index (χ2n) is 13.2. The van der Waals surface area contributed by atoms with Crippen molar-refractivity contribution in [3.8, 4) is 0 Å². The van der Waals surface area contributed by atoms with E-state index in [0.717, 1.165) is 51.4 Å². The van der Waals surface area contributed by atoms with E-state index in [2.05, 4.69) is 38.2 Å². The van der Waals surface area contributed by atoms with Gasteiger partial charge in [0.2, 0.25) is 0 Å². The Kier molecular flexibility index (Phi) is 32.8. The van der Waals surface area contributed by atoms with Crippen molar-refractivity contribution >= 4 is 17.5 Å². The van der Waals surface area contributed by atoms with Gasteiger partial charge in [0.1, 0.15) is 11.6 Å². The first kappa shape index (κ1) is 42.3. The maximum absolute atomic E-state index is 12.7. The Hall–Kier alpha value is -1.71. The van der Waals surface area contributed by atoms with Crippen LogP contribution < -0.4 is 0 Å². The molecular formula is C40H72O4. The number of rotatable bonds is 35. The quantitative estimate of drug-likeness (QED) is 0.0568. The fourth-order valence-electron chi connectivity index (χ4n) is 5.85. The van der Waals surface area contributed by atoms with E-state index in [1.54, 1.807) is 0 Å². The molecule has 0 bridgehead atoms. The molecule has 0 aromatic heterocycles. The SMILES string of the molecule is CCCCCCCCC=CCCCCCCCC(=O)CC(CC(=O)O)C(=O)CCCCCCCC=CCCCCCCCC. The monoisotopic (exact) mass is 617 g/mol. The standard InChI is InChI=1S/C40H72O4/c1-3-5-7-9-11-13-15-17-19-21-23-25-27-29-31-33-38(41)35-37(36-40(43)44)39(42)34-32-30-28-26-24-22-20-18-16-14-12-10-8-6-4-2/h17-20,37H,3-16,21-36H2,1-2H3,(H,43,44). The lowest BCUT2D eigenvalue weighted by Gasteiger charge is -2.13. The maximum Gasteiger partial charge on any atom is 0.304 e. The number of hydrogen-bond donors (Lipinski definition) is 1. The van der Waals surface area contributed by atoms with Crippen LogP contribution in [0.25, 0.3) is 0 Å². The first-order valence-corrected chi connectivity index (χ1v) is 19.1. The largest absolute Gasteiger partial charge is 0.481 e. The minimum atomic E-state index is -0.985. The highest BCUT2D eigenvalue weighted by molar-refractivity contribution is 5.90. The van der Waals surface area contributed by atoms with E-state index < -0.39 is 11.9 Å². The number of carbonyl (C=O) groups is 3. The van der Waals surface area contributed by atoms with Crippen LogP contribution in [0.4, 0.5) is 0 Å². The molecule has 0 spiro atoms. The van der Waals surface area contributed by atoms with Gasteiger partial charge >= 0.3 is 5.97 Å². The number of hydrogen-bond acceptors (Lipinski definition) is 3. The van der Waals surface area contributed by atoms with Gasteiger partial charge in [0.25, 0.3) is 0 Å². The van der Waals surface area contributed by atoms with E-state index in [9.17, 15) is 19.5 Å². The molecule has 44 heavy (non-hydrogen) atoms. The molecule has 0 heterocycles. The summed E-state index contributed by atoms with van der Waals surface area (Å²) in [5.74, 6) is -1.63. The Morgan fingerprint density at radius 2 is 0.795 bits per heavy atom. The van der Waals surface area contributed by atoms with Gasteiger partial charge in [0, 0.05) is 25.2 Å². The van der Waals surface area contributed by atoms with Crippen molar-refractivity contribution in [2.75, 3.05) is 0 Å². The normalized spacial score (nSPS) is 12.4. The van der Waals surface area contributed by atoms with Crippen LogP contribution >= 0.6 is 0 Å². The van der Waals surface area contributed by atoms with Crippen LogP contribution in [0.2, 0.25) is 0 Å². The molecule has 4 heteroatoms. The highest BCUT2D eigenvalue weighted by Gasteiger charge is 2.23. The number of carboxylic acid groups (broad SMARTS) is 1. The zero-order valence-corrected chi connectivity index (χ0v) is 29.3. The van der Waals surface area contributed by atoms with Crippen LogP contribution in [0.5, 0.6) is 0 Å². The van der Waals surface area contributed by atoms with Crippen LogP contribution in [-0.2, 0) is 14.4 Å². The van der Waals surface area contributed by atoms with Crippen LogP contribution in [0.3, 0.4) is 0 Å². The molecule has 256 valence electrons. The third-order valence-electron chi connectivity index (χ3n) is 8.75. The molecule has 4 nitrogen and oxygen atoms in total. The minimum absolute atomic E-state index is 0.0390. The molecule has 0 saturated heterocycles. The number of aliphatic carboxylic acids is 1. The molecule has 0 amide bonds. The zero-order valence-electron chi connectivity index (χ0n) is 29.3. The molecule has 1 unspecified atom stereocenters. The summed E-state index contributed by atoms with van der Waals surface area (Å²) in [6.45, 7) is 4.51. The fourth-order valence-corrected chi connectivity index (χ4v) is 5.85. The second kappa shape index (κ2) is 34.2. The topological polar surface area (TPSA) is 71.4 Å².